The molecule has 0 atom stereocenters. The van der Waals surface area contributed by atoms with E-state index in [9.17, 15) is 9.90 Å². The minimum Gasteiger partial charge on any atom is -0.497 e. The molecular weight excluding hydrogens is 284 g/mol. The Labute approximate surface area is 126 Å². The van der Waals surface area contributed by atoms with E-state index in [0.717, 1.165) is 0 Å². The predicted octanol–water partition coefficient (Wildman–Crippen LogP) is 3.72. The van der Waals surface area contributed by atoms with Crippen LogP contribution in [0.15, 0.2) is 52.9 Å². The Hall–Kier alpha value is -2.95. The Kier molecular flexibility index (Phi) is 3.70. The van der Waals surface area contributed by atoms with Gasteiger partial charge in [-0.25, -0.2) is 4.79 Å². The summed E-state index contributed by atoms with van der Waals surface area (Å²) < 4.78 is 16.4. The van der Waals surface area contributed by atoms with Gasteiger partial charge in [-0.2, -0.15) is 0 Å². The lowest BCUT2D eigenvalue weighted by Crippen LogP contribution is -1.96. The number of methoxy groups -OCH3 is 1. The van der Waals surface area contributed by atoms with Crippen LogP contribution >= 0.6 is 0 Å². The molecule has 5 heteroatoms. The lowest BCUT2D eigenvalue weighted by molar-refractivity contribution is 0.0699. The van der Waals surface area contributed by atoms with Crippen LogP contribution in [0.3, 0.4) is 0 Å². The lowest BCUT2D eigenvalue weighted by atomic mass is 10.1. The molecule has 0 radical (unpaired) electrons. The molecule has 0 bridgehead atoms. The smallest absolute Gasteiger partial charge is 0.336 e. The summed E-state index contributed by atoms with van der Waals surface area (Å²) in [7, 11) is 1.59. The van der Waals surface area contributed by atoms with Crippen molar-refractivity contribution in [3.8, 4) is 11.5 Å². The summed E-state index contributed by atoms with van der Waals surface area (Å²) in [6.07, 6.45) is 0. The van der Waals surface area contributed by atoms with Crippen molar-refractivity contribution < 1.29 is 23.8 Å². The van der Waals surface area contributed by atoms with Crippen LogP contribution in [0.2, 0.25) is 0 Å². The van der Waals surface area contributed by atoms with E-state index in [-0.39, 0.29) is 12.2 Å². The van der Waals surface area contributed by atoms with Gasteiger partial charge < -0.3 is 19.0 Å². The van der Waals surface area contributed by atoms with Gasteiger partial charge in [-0.05, 0) is 30.3 Å². The van der Waals surface area contributed by atoms with Crippen molar-refractivity contribution in [1.29, 1.82) is 0 Å². The summed E-state index contributed by atoms with van der Waals surface area (Å²) in [5.74, 6) is 0.937. The van der Waals surface area contributed by atoms with Crippen molar-refractivity contribution in [2.24, 2.45) is 0 Å². The van der Waals surface area contributed by atoms with Gasteiger partial charge >= 0.3 is 5.97 Å². The average molecular weight is 298 g/mol. The highest BCUT2D eigenvalue weighted by Crippen LogP contribution is 2.25. The molecule has 1 aromatic heterocycles. The van der Waals surface area contributed by atoms with Crippen LogP contribution in [0, 0.1) is 0 Å². The van der Waals surface area contributed by atoms with E-state index in [4.69, 9.17) is 13.9 Å². The van der Waals surface area contributed by atoms with Gasteiger partial charge in [-0.3, -0.25) is 0 Å². The molecule has 1 heterocycles. The molecule has 2 aromatic carbocycles. The van der Waals surface area contributed by atoms with E-state index in [0.29, 0.717) is 28.2 Å². The number of rotatable bonds is 5. The molecule has 22 heavy (non-hydrogen) atoms. The van der Waals surface area contributed by atoms with Crippen LogP contribution in [0.5, 0.6) is 11.5 Å². The molecular formula is C17H14O5. The van der Waals surface area contributed by atoms with Crippen molar-refractivity contribution in [2.45, 2.75) is 6.61 Å². The van der Waals surface area contributed by atoms with E-state index >= 15 is 0 Å². The second kappa shape index (κ2) is 5.81. The number of aromatic carboxylic acids is 1. The van der Waals surface area contributed by atoms with Gasteiger partial charge in [0.05, 0.1) is 12.7 Å². The van der Waals surface area contributed by atoms with Crippen LogP contribution in [-0.4, -0.2) is 18.2 Å². The van der Waals surface area contributed by atoms with E-state index in [1.165, 1.54) is 0 Å². The maximum absolute atomic E-state index is 11.2. The fourth-order valence-corrected chi connectivity index (χ4v) is 2.22. The summed E-state index contributed by atoms with van der Waals surface area (Å²) in [4.78, 5) is 11.2. The van der Waals surface area contributed by atoms with E-state index in [1.807, 2.05) is 18.2 Å². The standard InChI is InChI=1S/C17H14O5/c1-20-11-4-2-5-12(8-11)21-10-13-9-15-14(17(18)19)6-3-7-16(15)22-13/h2-9H,10H2,1H3,(H,18,19). The Morgan fingerprint density at radius 2 is 1.91 bits per heavy atom. The zero-order valence-electron chi connectivity index (χ0n) is 11.9. The van der Waals surface area contributed by atoms with Crippen molar-refractivity contribution in [1.82, 2.24) is 0 Å². The minimum atomic E-state index is -0.980. The number of carboxylic acid groups (broad SMARTS) is 1. The molecule has 112 valence electrons. The Bertz CT molecular complexity index is 819. The summed E-state index contributed by atoms with van der Waals surface area (Å²) in [5, 5.41) is 9.74. The van der Waals surface area contributed by atoms with E-state index in [1.54, 1.807) is 37.4 Å². The second-order valence-corrected chi connectivity index (χ2v) is 4.70. The first-order valence-electron chi connectivity index (χ1n) is 6.69. The highest BCUT2D eigenvalue weighted by molar-refractivity contribution is 6.02. The number of benzene rings is 2. The normalized spacial score (nSPS) is 10.6. The third kappa shape index (κ3) is 2.74. The highest BCUT2D eigenvalue weighted by Gasteiger charge is 2.12. The van der Waals surface area contributed by atoms with Crippen LogP contribution in [0.4, 0.5) is 0 Å². The number of furan rings is 1. The third-order valence-electron chi connectivity index (χ3n) is 3.27. The first kappa shape index (κ1) is 14.0. The van der Waals surface area contributed by atoms with Gasteiger partial charge in [0.2, 0.25) is 0 Å². The summed E-state index contributed by atoms with van der Waals surface area (Å²) in [6, 6.07) is 13.9. The van der Waals surface area contributed by atoms with Gasteiger partial charge in [0, 0.05) is 11.5 Å². The molecule has 3 aromatic rings. The van der Waals surface area contributed by atoms with Crippen molar-refractivity contribution >= 4 is 16.9 Å². The quantitative estimate of drug-likeness (QED) is 0.777. The zero-order chi connectivity index (χ0) is 15.5. The Morgan fingerprint density at radius 3 is 2.68 bits per heavy atom. The number of carbonyl (C=O) groups is 1. The highest BCUT2D eigenvalue weighted by atomic mass is 16.5. The van der Waals surface area contributed by atoms with E-state index in [2.05, 4.69) is 0 Å². The topological polar surface area (TPSA) is 68.9 Å². The molecule has 0 amide bonds. The monoisotopic (exact) mass is 298 g/mol. The van der Waals surface area contributed by atoms with Crippen molar-refractivity contribution in [3.63, 3.8) is 0 Å². The molecule has 0 saturated heterocycles. The van der Waals surface area contributed by atoms with Crippen LogP contribution in [0.25, 0.3) is 11.0 Å². The molecule has 0 fully saturated rings. The Morgan fingerprint density at radius 1 is 1.14 bits per heavy atom. The molecule has 5 nitrogen and oxygen atoms in total. The zero-order valence-corrected chi connectivity index (χ0v) is 11.9. The molecule has 0 unspecified atom stereocenters. The summed E-state index contributed by atoms with van der Waals surface area (Å²) >= 11 is 0. The molecule has 3 rings (SSSR count). The van der Waals surface area contributed by atoms with Gasteiger partial charge in [0.15, 0.2) is 0 Å². The van der Waals surface area contributed by atoms with Crippen molar-refractivity contribution in [2.75, 3.05) is 7.11 Å². The molecule has 0 aliphatic heterocycles. The fourth-order valence-electron chi connectivity index (χ4n) is 2.22. The number of hydrogen-bond acceptors (Lipinski definition) is 4. The van der Waals surface area contributed by atoms with Gasteiger partial charge in [0.1, 0.15) is 29.4 Å². The third-order valence-corrected chi connectivity index (χ3v) is 3.27. The lowest BCUT2D eigenvalue weighted by Gasteiger charge is -2.05. The van der Waals surface area contributed by atoms with E-state index < -0.39 is 5.97 Å². The summed E-state index contributed by atoms with van der Waals surface area (Å²) in [5.41, 5.74) is 0.748. The number of fused-ring (bicyclic) bond motifs is 1. The molecule has 0 aliphatic rings. The van der Waals surface area contributed by atoms with Crippen LogP contribution in [0.1, 0.15) is 16.1 Å². The largest absolute Gasteiger partial charge is 0.497 e. The van der Waals surface area contributed by atoms with Crippen LogP contribution in [-0.2, 0) is 6.61 Å². The molecule has 0 aliphatic carbocycles. The average Bonchev–Trinajstić information content (AvgIpc) is 2.95. The first-order valence-corrected chi connectivity index (χ1v) is 6.69. The number of hydrogen-bond donors (Lipinski definition) is 1. The second-order valence-electron chi connectivity index (χ2n) is 4.70. The number of ether oxygens (including phenoxy) is 2. The van der Waals surface area contributed by atoms with Crippen molar-refractivity contribution in [3.05, 3.63) is 59.9 Å². The predicted molar refractivity (Wildman–Crippen MR) is 80.5 cm³/mol. The maximum atomic E-state index is 11.2. The van der Waals surface area contributed by atoms with Gasteiger partial charge in [0.25, 0.3) is 0 Å². The SMILES string of the molecule is COc1cccc(OCc2cc3c(C(=O)O)cccc3o2)c1. The fraction of sp³-hybridized carbons (Fsp3) is 0.118. The first-order chi connectivity index (χ1) is 10.7. The molecule has 0 spiro atoms. The minimum absolute atomic E-state index is 0.209. The van der Waals surface area contributed by atoms with Gasteiger partial charge in [-0.1, -0.05) is 12.1 Å². The molecule has 1 N–H and O–H groups in total. The Balaban J connectivity index is 1.82. The maximum Gasteiger partial charge on any atom is 0.336 e. The number of carboxylic acids is 1. The molecule has 0 saturated carbocycles. The van der Waals surface area contributed by atoms with Crippen LogP contribution < -0.4 is 9.47 Å². The summed E-state index contributed by atoms with van der Waals surface area (Å²) in [6.45, 7) is 0.209. The van der Waals surface area contributed by atoms with Gasteiger partial charge in [-0.15, -0.1) is 0 Å².